The lowest BCUT2D eigenvalue weighted by atomic mass is 9.69. The Morgan fingerprint density at radius 2 is 1.84 bits per heavy atom. The third kappa shape index (κ3) is 4.39. The largest absolute Gasteiger partial charge is 0.341 e. The van der Waals surface area contributed by atoms with Crippen LogP contribution in [0.1, 0.15) is 58.4 Å². The standard InChI is InChI=1S/C20H30N4O/c1-20(2,3)16-8-5-14(6-9-16)12-19(25)24(4)13-15-7-10-17-18(11-15)22-23-21-17/h7,10-11,14,16H,5-6,8-9,12-13H2,1-4H3,(H,21,22,23). The molecule has 1 heterocycles. The molecule has 0 bridgehead atoms. The lowest BCUT2D eigenvalue weighted by Gasteiger charge is -2.37. The van der Waals surface area contributed by atoms with Crippen molar-refractivity contribution in [3.05, 3.63) is 23.8 Å². The van der Waals surface area contributed by atoms with Gasteiger partial charge in [-0.25, -0.2) is 0 Å². The number of hydrogen-bond donors (Lipinski definition) is 1. The Morgan fingerprint density at radius 1 is 1.16 bits per heavy atom. The highest BCUT2D eigenvalue weighted by Gasteiger charge is 2.30. The minimum absolute atomic E-state index is 0.249. The Balaban J connectivity index is 1.51. The van der Waals surface area contributed by atoms with Crippen LogP contribution in [0, 0.1) is 17.3 Å². The number of H-pyrrole nitrogens is 1. The van der Waals surface area contributed by atoms with E-state index in [1.54, 1.807) is 0 Å². The van der Waals surface area contributed by atoms with E-state index < -0.39 is 0 Å². The topological polar surface area (TPSA) is 61.9 Å². The summed E-state index contributed by atoms with van der Waals surface area (Å²) in [6.45, 7) is 7.63. The highest BCUT2D eigenvalue weighted by atomic mass is 16.2. The molecule has 1 amide bonds. The van der Waals surface area contributed by atoms with Crippen molar-refractivity contribution in [1.82, 2.24) is 20.3 Å². The Bertz CT molecular complexity index is 723. The SMILES string of the molecule is CN(Cc1ccc2n[nH]nc2c1)C(=O)CC1CCC(C(C)(C)C)CC1. The Labute approximate surface area is 150 Å². The van der Waals surface area contributed by atoms with Gasteiger partial charge in [0.05, 0.1) is 0 Å². The maximum absolute atomic E-state index is 12.6. The third-order valence-corrected chi connectivity index (χ3v) is 5.76. The van der Waals surface area contributed by atoms with Crippen LogP contribution in [0.4, 0.5) is 0 Å². The molecule has 0 saturated heterocycles. The summed E-state index contributed by atoms with van der Waals surface area (Å²) in [5, 5.41) is 10.8. The fraction of sp³-hybridized carbons (Fsp3) is 0.650. The van der Waals surface area contributed by atoms with Crippen molar-refractivity contribution in [3.63, 3.8) is 0 Å². The summed E-state index contributed by atoms with van der Waals surface area (Å²) in [4.78, 5) is 14.4. The van der Waals surface area contributed by atoms with Gasteiger partial charge in [0.25, 0.3) is 0 Å². The summed E-state index contributed by atoms with van der Waals surface area (Å²) in [7, 11) is 1.90. The van der Waals surface area contributed by atoms with Crippen molar-refractivity contribution < 1.29 is 4.79 Å². The second-order valence-electron chi connectivity index (χ2n) is 8.68. The molecule has 0 spiro atoms. The highest BCUT2D eigenvalue weighted by Crippen LogP contribution is 2.40. The molecule has 1 fully saturated rings. The third-order valence-electron chi connectivity index (χ3n) is 5.76. The number of hydrogen-bond acceptors (Lipinski definition) is 3. The minimum atomic E-state index is 0.249. The first-order chi connectivity index (χ1) is 11.8. The number of rotatable bonds is 4. The van der Waals surface area contributed by atoms with Crippen molar-refractivity contribution >= 4 is 16.9 Å². The molecular formula is C20H30N4O. The molecule has 3 rings (SSSR count). The first kappa shape index (κ1) is 17.9. The van der Waals surface area contributed by atoms with Crippen LogP contribution < -0.4 is 0 Å². The van der Waals surface area contributed by atoms with E-state index in [2.05, 4.69) is 36.2 Å². The molecule has 1 aromatic carbocycles. The summed E-state index contributed by atoms with van der Waals surface area (Å²) < 4.78 is 0. The average molecular weight is 342 g/mol. The van der Waals surface area contributed by atoms with Crippen LogP contribution in [0.2, 0.25) is 0 Å². The number of amides is 1. The zero-order valence-corrected chi connectivity index (χ0v) is 15.9. The van der Waals surface area contributed by atoms with E-state index in [9.17, 15) is 4.79 Å². The molecule has 0 radical (unpaired) electrons. The van der Waals surface area contributed by atoms with E-state index >= 15 is 0 Å². The quantitative estimate of drug-likeness (QED) is 0.907. The van der Waals surface area contributed by atoms with Gasteiger partial charge in [0.1, 0.15) is 11.0 Å². The summed E-state index contributed by atoms with van der Waals surface area (Å²) in [6.07, 6.45) is 5.57. The van der Waals surface area contributed by atoms with Gasteiger partial charge in [0.2, 0.25) is 5.91 Å². The molecule has 0 atom stereocenters. The van der Waals surface area contributed by atoms with Gasteiger partial charge in [0.15, 0.2) is 0 Å². The van der Waals surface area contributed by atoms with Gasteiger partial charge in [-0.15, -0.1) is 0 Å². The average Bonchev–Trinajstić information content (AvgIpc) is 3.02. The number of nitrogens with zero attached hydrogens (tertiary/aromatic N) is 3. The molecule has 5 nitrogen and oxygen atoms in total. The van der Waals surface area contributed by atoms with E-state index in [1.807, 2.05) is 30.1 Å². The second-order valence-corrected chi connectivity index (χ2v) is 8.68. The van der Waals surface area contributed by atoms with E-state index in [-0.39, 0.29) is 5.91 Å². The van der Waals surface area contributed by atoms with Crippen LogP contribution in [0.25, 0.3) is 11.0 Å². The second kappa shape index (κ2) is 7.14. The van der Waals surface area contributed by atoms with Gasteiger partial charge >= 0.3 is 0 Å². The molecule has 0 unspecified atom stereocenters. The van der Waals surface area contributed by atoms with Gasteiger partial charge in [-0.1, -0.05) is 26.8 Å². The van der Waals surface area contributed by atoms with E-state index in [0.717, 1.165) is 22.5 Å². The fourth-order valence-corrected chi connectivity index (χ4v) is 3.98. The van der Waals surface area contributed by atoms with Crippen molar-refractivity contribution in [3.8, 4) is 0 Å². The molecule has 0 aliphatic heterocycles. The molecule has 1 saturated carbocycles. The van der Waals surface area contributed by atoms with Crippen LogP contribution >= 0.6 is 0 Å². The van der Waals surface area contributed by atoms with Crippen molar-refractivity contribution in [2.75, 3.05) is 7.05 Å². The van der Waals surface area contributed by atoms with Gasteiger partial charge in [-0.2, -0.15) is 15.4 Å². The number of aromatic amines is 1. The van der Waals surface area contributed by atoms with Crippen LogP contribution in [0.5, 0.6) is 0 Å². The van der Waals surface area contributed by atoms with Gasteiger partial charge in [0, 0.05) is 20.0 Å². The Hall–Kier alpha value is -1.91. The highest BCUT2D eigenvalue weighted by molar-refractivity contribution is 5.77. The number of fused-ring (bicyclic) bond motifs is 1. The van der Waals surface area contributed by atoms with Gasteiger partial charge in [-0.3, -0.25) is 4.79 Å². The summed E-state index contributed by atoms with van der Waals surface area (Å²) in [5.74, 6) is 1.59. The number of carbonyl (C=O) groups is 1. The Kier molecular flexibility index (Phi) is 5.11. The smallest absolute Gasteiger partial charge is 0.222 e. The molecule has 136 valence electrons. The monoisotopic (exact) mass is 342 g/mol. The number of aromatic nitrogens is 3. The molecule has 1 N–H and O–H groups in total. The number of carbonyl (C=O) groups excluding carboxylic acids is 1. The van der Waals surface area contributed by atoms with Crippen LogP contribution in [0.3, 0.4) is 0 Å². The van der Waals surface area contributed by atoms with E-state index in [1.165, 1.54) is 25.7 Å². The summed E-state index contributed by atoms with van der Waals surface area (Å²) in [5.41, 5.74) is 3.19. The summed E-state index contributed by atoms with van der Waals surface area (Å²) in [6, 6.07) is 5.96. The lowest BCUT2D eigenvalue weighted by Crippen LogP contribution is -2.31. The molecule has 5 heteroatoms. The predicted molar refractivity (Wildman–Crippen MR) is 99.9 cm³/mol. The first-order valence-electron chi connectivity index (χ1n) is 9.36. The maximum Gasteiger partial charge on any atom is 0.222 e. The van der Waals surface area contributed by atoms with Crippen molar-refractivity contribution in [2.45, 2.75) is 59.4 Å². The maximum atomic E-state index is 12.6. The Morgan fingerprint density at radius 3 is 2.52 bits per heavy atom. The van der Waals surface area contributed by atoms with Crippen LogP contribution in [0.15, 0.2) is 18.2 Å². The molecule has 1 aliphatic carbocycles. The number of nitrogens with one attached hydrogen (secondary N) is 1. The predicted octanol–water partition coefficient (Wildman–Crippen LogP) is 4.16. The zero-order chi connectivity index (χ0) is 18.0. The molecule has 1 aliphatic rings. The zero-order valence-electron chi connectivity index (χ0n) is 15.9. The molecule has 1 aromatic heterocycles. The summed E-state index contributed by atoms with van der Waals surface area (Å²) >= 11 is 0. The van der Waals surface area contributed by atoms with Crippen molar-refractivity contribution in [1.29, 1.82) is 0 Å². The van der Waals surface area contributed by atoms with Gasteiger partial charge < -0.3 is 4.90 Å². The van der Waals surface area contributed by atoms with E-state index in [0.29, 0.717) is 24.3 Å². The van der Waals surface area contributed by atoms with Crippen molar-refractivity contribution in [2.24, 2.45) is 17.3 Å². The normalized spacial score (nSPS) is 21.4. The first-order valence-corrected chi connectivity index (χ1v) is 9.36. The van der Waals surface area contributed by atoms with Crippen LogP contribution in [-0.2, 0) is 11.3 Å². The van der Waals surface area contributed by atoms with E-state index in [4.69, 9.17) is 0 Å². The number of benzene rings is 1. The van der Waals surface area contributed by atoms with Gasteiger partial charge in [-0.05, 0) is 60.6 Å². The lowest BCUT2D eigenvalue weighted by molar-refractivity contribution is -0.131. The molecule has 2 aromatic rings. The van der Waals surface area contributed by atoms with Crippen LogP contribution in [-0.4, -0.2) is 33.3 Å². The molecule has 25 heavy (non-hydrogen) atoms. The minimum Gasteiger partial charge on any atom is -0.341 e. The fourth-order valence-electron chi connectivity index (χ4n) is 3.98. The molecular weight excluding hydrogens is 312 g/mol.